The maximum absolute atomic E-state index is 11.4. The van der Waals surface area contributed by atoms with Gasteiger partial charge in [0.2, 0.25) is 11.8 Å². The van der Waals surface area contributed by atoms with Gasteiger partial charge in [-0.3, -0.25) is 4.79 Å². The topological polar surface area (TPSA) is 79.9 Å². The zero-order valence-electron chi connectivity index (χ0n) is 13.2. The van der Waals surface area contributed by atoms with E-state index in [1.54, 1.807) is 6.20 Å². The molecule has 1 aromatic carbocycles. The van der Waals surface area contributed by atoms with Crippen LogP contribution in [-0.4, -0.2) is 27.5 Å². The molecule has 0 fully saturated rings. The highest BCUT2D eigenvalue weighted by Crippen LogP contribution is 2.25. The van der Waals surface area contributed by atoms with Crippen LogP contribution in [0, 0.1) is 0 Å². The van der Waals surface area contributed by atoms with E-state index in [9.17, 15) is 4.79 Å². The highest BCUT2D eigenvalue weighted by molar-refractivity contribution is 5.88. The Labute approximate surface area is 139 Å². The molecule has 6 heteroatoms. The van der Waals surface area contributed by atoms with Crippen LogP contribution in [-0.2, 0) is 17.8 Å². The molecule has 0 bridgehead atoms. The molecule has 24 heavy (non-hydrogen) atoms. The van der Waals surface area contributed by atoms with Crippen LogP contribution < -0.4 is 10.1 Å². The first kappa shape index (κ1) is 15.7. The molecule has 3 aromatic rings. The lowest BCUT2D eigenvalue weighted by Crippen LogP contribution is -2.19. The number of fused-ring (bicyclic) bond motifs is 1. The fourth-order valence-electron chi connectivity index (χ4n) is 2.41. The number of carbonyl (C=O) groups is 1. The van der Waals surface area contributed by atoms with E-state index in [0.717, 1.165) is 17.4 Å². The largest absolute Gasteiger partial charge is 0.477 e. The van der Waals surface area contributed by atoms with E-state index in [1.807, 2.05) is 18.2 Å². The Morgan fingerprint density at radius 2 is 2.12 bits per heavy atom. The van der Waals surface area contributed by atoms with Crippen molar-refractivity contribution >= 4 is 16.9 Å². The van der Waals surface area contributed by atoms with Gasteiger partial charge in [0.15, 0.2) is 0 Å². The van der Waals surface area contributed by atoms with Gasteiger partial charge in [-0.25, -0.2) is 9.97 Å². The maximum atomic E-state index is 11.4. The molecule has 0 spiro atoms. The third kappa shape index (κ3) is 3.60. The number of benzene rings is 1. The van der Waals surface area contributed by atoms with Gasteiger partial charge in [-0.05, 0) is 11.6 Å². The predicted octanol–water partition coefficient (Wildman–Crippen LogP) is 2.38. The van der Waals surface area contributed by atoms with Crippen molar-refractivity contribution in [3.63, 3.8) is 0 Å². The number of hydrogen-bond donors (Lipinski definition) is 2. The van der Waals surface area contributed by atoms with Gasteiger partial charge in [0.25, 0.3) is 0 Å². The number of hydrogen-bond acceptors (Lipinski definition) is 4. The quantitative estimate of drug-likeness (QED) is 0.655. The molecular weight excluding hydrogens is 304 g/mol. The number of H-pyrrole nitrogens is 1. The zero-order chi connectivity index (χ0) is 16.8. The molecule has 2 heterocycles. The third-order valence-corrected chi connectivity index (χ3v) is 3.63. The molecule has 6 nitrogen and oxygen atoms in total. The minimum absolute atomic E-state index is 0.229. The Morgan fingerprint density at radius 1 is 1.29 bits per heavy atom. The number of nitrogens with zero attached hydrogens (tertiary/aromatic N) is 2. The second-order valence-corrected chi connectivity index (χ2v) is 5.22. The van der Waals surface area contributed by atoms with Gasteiger partial charge in [-0.1, -0.05) is 36.9 Å². The van der Waals surface area contributed by atoms with Crippen LogP contribution in [0.15, 0.2) is 55.5 Å². The molecule has 0 aliphatic heterocycles. The molecule has 1 amide bonds. The molecule has 3 rings (SSSR count). The Kier molecular flexibility index (Phi) is 4.86. The lowest BCUT2D eigenvalue weighted by atomic mass is 10.2. The molecule has 2 N–H and O–H groups in total. The summed E-state index contributed by atoms with van der Waals surface area (Å²) >= 11 is 0. The van der Waals surface area contributed by atoms with Gasteiger partial charge in [-0.2, -0.15) is 0 Å². The van der Waals surface area contributed by atoms with Crippen LogP contribution in [0.4, 0.5) is 0 Å². The van der Waals surface area contributed by atoms with Crippen molar-refractivity contribution < 1.29 is 9.53 Å². The first-order valence-corrected chi connectivity index (χ1v) is 7.66. The molecule has 0 aliphatic rings. The van der Waals surface area contributed by atoms with E-state index in [0.29, 0.717) is 24.7 Å². The zero-order valence-corrected chi connectivity index (χ0v) is 13.2. The summed E-state index contributed by atoms with van der Waals surface area (Å²) in [6, 6.07) is 10.1. The van der Waals surface area contributed by atoms with E-state index in [2.05, 4.69) is 39.0 Å². The monoisotopic (exact) mass is 322 g/mol. The van der Waals surface area contributed by atoms with Gasteiger partial charge in [0, 0.05) is 24.7 Å². The lowest BCUT2D eigenvalue weighted by molar-refractivity contribution is -0.116. The molecule has 0 saturated heterocycles. The highest BCUT2D eigenvalue weighted by atomic mass is 16.5. The number of nitrogens with one attached hydrogen (secondary N) is 2. The van der Waals surface area contributed by atoms with Crippen LogP contribution >= 0.6 is 0 Å². The van der Waals surface area contributed by atoms with Crippen molar-refractivity contribution in [1.82, 2.24) is 20.3 Å². The van der Waals surface area contributed by atoms with E-state index in [-0.39, 0.29) is 5.91 Å². The molecule has 122 valence electrons. The standard InChI is InChI=1S/C18H18N4O2/c1-2-15(23)19-10-14-11-20-17-16(14)18(22-12-21-17)24-9-8-13-6-4-3-5-7-13/h2-7,11-12H,1,8-10H2,(H,19,23)(H,20,21,22). The number of rotatable bonds is 7. The van der Waals surface area contributed by atoms with Gasteiger partial charge in [0.05, 0.1) is 12.0 Å². The number of ether oxygens (including phenoxy) is 1. The smallest absolute Gasteiger partial charge is 0.243 e. The summed E-state index contributed by atoms with van der Waals surface area (Å²) in [4.78, 5) is 22.9. The first-order valence-electron chi connectivity index (χ1n) is 7.66. The van der Waals surface area contributed by atoms with E-state index >= 15 is 0 Å². The normalized spacial score (nSPS) is 10.5. The molecule has 0 atom stereocenters. The van der Waals surface area contributed by atoms with Crippen molar-refractivity contribution in [2.24, 2.45) is 0 Å². The maximum Gasteiger partial charge on any atom is 0.243 e. The number of carbonyl (C=O) groups excluding carboxylic acids is 1. The lowest BCUT2D eigenvalue weighted by Gasteiger charge is -2.08. The fraction of sp³-hybridized carbons (Fsp3) is 0.167. The van der Waals surface area contributed by atoms with Gasteiger partial charge < -0.3 is 15.0 Å². The Morgan fingerprint density at radius 3 is 2.92 bits per heavy atom. The summed E-state index contributed by atoms with van der Waals surface area (Å²) < 4.78 is 5.85. The van der Waals surface area contributed by atoms with Crippen LogP contribution in [0.25, 0.3) is 11.0 Å². The Hall–Kier alpha value is -3.15. The van der Waals surface area contributed by atoms with Crippen molar-refractivity contribution in [2.75, 3.05) is 6.61 Å². The van der Waals surface area contributed by atoms with Gasteiger partial charge >= 0.3 is 0 Å². The first-order chi connectivity index (χ1) is 11.8. The Bertz CT molecular complexity index is 843. The summed E-state index contributed by atoms with van der Waals surface area (Å²) in [6.45, 7) is 4.31. The van der Waals surface area contributed by atoms with Crippen LogP contribution in [0.5, 0.6) is 5.88 Å². The van der Waals surface area contributed by atoms with Crippen LogP contribution in [0.1, 0.15) is 11.1 Å². The summed E-state index contributed by atoms with van der Waals surface area (Å²) in [6.07, 6.45) is 5.29. The molecule has 2 aromatic heterocycles. The summed E-state index contributed by atoms with van der Waals surface area (Å²) in [7, 11) is 0. The second kappa shape index (κ2) is 7.41. The van der Waals surface area contributed by atoms with E-state index in [1.165, 1.54) is 18.0 Å². The number of amides is 1. The second-order valence-electron chi connectivity index (χ2n) is 5.22. The third-order valence-electron chi connectivity index (χ3n) is 3.63. The summed E-state index contributed by atoms with van der Waals surface area (Å²) in [5, 5.41) is 3.53. The average molecular weight is 322 g/mol. The van der Waals surface area contributed by atoms with Gasteiger partial charge in [0.1, 0.15) is 12.0 Å². The molecule has 0 unspecified atom stereocenters. The molecule has 0 saturated carbocycles. The molecule has 0 radical (unpaired) electrons. The van der Waals surface area contributed by atoms with Crippen LogP contribution in [0.3, 0.4) is 0 Å². The molecular formula is C18H18N4O2. The fourth-order valence-corrected chi connectivity index (χ4v) is 2.41. The average Bonchev–Trinajstić information content (AvgIpc) is 3.04. The highest BCUT2D eigenvalue weighted by Gasteiger charge is 2.12. The minimum atomic E-state index is -0.229. The summed E-state index contributed by atoms with van der Waals surface area (Å²) in [5.41, 5.74) is 2.76. The predicted molar refractivity (Wildman–Crippen MR) is 91.6 cm³/mol. The van der Waals surface area contributed by atoms with E-state index < -0.39 is 0 Å². The van der Waals surface area contributed by atoms with Crippen molar-refractivity contribution in [1.29, 1.82) is 0 Å². The van der Waals surface area contributed by atoms with Crippen molar-refractivity contribution in [3.8, 4) is 5.88 Å². The molecule has 0 aliphatic carbocycles. The number of aromatic amines is 1. The van der Waals surface area contributed by atoms with E-state index in [4.69, 9.17) is 4.74 Å². The van der Waals surface area contributed by atoms with Crippen LogP contribution in [0.2, 0.25) is 0 Å². The Balaban J connectivity index is 1.73. The van der Waals surface area contributed by atoms with Crippen molar-refractivity contribution in [2.45, 2.75) is 13.0 Å². The van der Waals surface area contributed by atoms with Gasteiger partial charge in [-0.15, -0.1) is 0 Å². The number of aromatic nitrogens is 3. The summed E-state index contributed by atoms with van der Waals surface area (Å²) in [5.74, 6) is 0.285. The minimum Gasteiger partial charge on any atom is -0.477 e. The van der Waals surface area contributed by atoms with Crippen molar-refractivity contribution in [3.05, 3.63) is 66.6 Å². The SMILES string of the molecule is C=CC(=O)NCc1c[nH]c2ncnc(OCCc3ccccc3)c12.